The maximum Gasteiger partial charge on any atom is 0.283 e. The Hall–Kier alpha value is -2.67. The first-order valence-electron chi connectivity index (χ1n) is 6.52. The van der Waals surface area contributed by atoms with Crippen molar-refractivity contribution in [3.63, 3.8) is 0 Å². The van der Waals surface area contributed by atoms with Crippen LogP contribution in [-0.2, 0) is 4.79 Å². The van der Waals surface area contributed by atoms with E-state index in [0.29, 0.717) is 21.8 Å². The predicted molar refractivity (Wildman–Crippen MR) is 82.4 cm³/mol. The lowest BCUT2D eigenvalue weighted by atomic mass is 10.2. The highest BCUT2D eigenvalue weighted by atomic mass is 32.2. The van der Waals surface area contributed by atoms with Crippen molar-refractivity contribution in [2.24, 2.45) is 0 Å². The molecular formula is C15H12N4O2S. The second kappa shape index (κ2) is 6.40. The van der Waals surface area contributed by atoms with Crippen molar-refractivity contribution in [2.45, 2.75) is 17.2 Å². The van der Waals surface area contributed by atoms with Crippen LogP contribution in [0.2, 0.25) is 0 Å². The fourth-order valence-corrected chi connectivity index (χ4v) is 2.50. The number of carbonyl (C=O) groups excluding carboxylic acids is 1. The van der Waals surface area contributed by atoms with Crippen molar-refractivity contribution in [1.29, 1.82) is 0 Å². The van der Waals surface area contributed by atoms with Crippen LogP contribution in [-0.4, -0.2) is 21.1 Å². The van der Waals surface area contributed by atoms with Gasteiger partial charge < -0.3 is 9.73 Å². The van der Waals surface area contributed by atoms with E-state index in [0.717, 1.165) is 5.56 Å². The van der Waals surface area contributed by atoms with Gasteiger partial charge in [-0.1, -0.05) is 18.2 Å². The van der Waals surface area contributed by atoms with E-state index in [9.17, 15) is 4.79 Å². The number of hydrogen-bond acceptors (Lipinski definition) is 6. The minimum absolute atomic E-state index is 0.162. The van der Waals surface area contributed by atoms with E-state index in [4.69, 9.17) is 4.42 Å². The number of anilines is 1. The Morgan fingerprint density at radius 1 is 1.14 bits per heavy atom. The number of carbonyl (C=O) groups is 1. The molecule has 2 heterocycles. The molecule has 1 aromatic carbocycles. The molecule has 7 heteroatoms. The normalized spacial score (nSPS) is 10.4. The molecule has 0 aliphatic rings. The summed E-state index contributed by atoms with van der Waals surface area (Å²) in [4.78, 5) is 15.4. The zero-order valence-electron chi connectivity index (χ0n) is 11.7. The molecule has 3 aromatic rings. The van der Waals surface area contributed by atoms with Crippen LogP contribution in [0.3, 0.4) is 0 Å². The summed E-state index contributed by atoms with van der Waals surface area (Å²) in [6.07, 6.45) is 1.64. The molecule has 0 radical (unpaired) electrons. The average molecular weight is 312 g/mol. The molecule has 0 aliphatic carbocycles. The second-order valence-corrected chi connectivity index (χ2v) is 5.32. The van der Waals surface area contributed by atoms with Gasteiger partial charge in [-0.25, -0.2) is 4.98 Å². The van der Waals surface area contributed by atoms with Crippen LogP contribution < -0.4 is 5.32 Å². The van der Waals surface area contributed by atoms with E-state index >= 15 is 0 Å². The highest BCUT2D eigenvalue weighted by Crippen LogP contribution is 2.32. The van der Waals surface area contributed by atoms with E-state index in [2.05, 4.69) is 20.5 Å². The topological polar surface area (TPSA) is 80.9 Å². The van der Waals surface area contributed by atoms with Crippen LogP contribution in [0, 0.1) is 0 Å². The summed E-state index contributed by atoms with van der Waals surface area (Å²) in [5.74, 6) is 0.283. The molecule has 1 N–H and O–H groups in total. The highest BCUT2D eigenvalue weighted by molar-refractivity contribution is 7.99. The van der Waals surface area contributed by atoms with Gasteiger partial charge in [0.15, 0.2) is 0 Å². The van der Waals surface area contributed by atoms with Crippen LogP contribution in [0.4, 0.5) is 5.69 Å². The number of nitrogens with zero attached hydrogens (tertiary/aromatic N) is 3. The summed E-state index contributed by atoms with van der Waals surface area (Å²) >= 11 is 1.21. The fourth-order valence-electron chi connectivity index (χ4n) is 1.79. The van der Waals surface area contributed by atoms with Crippen LogP contribution >= 0.6 is 11.8 Å². The van der Waals surface area contributed by atoms with Crippen LogP contribution in [0.5, 0.6) is 0 Å². The third kappa shape index (κ3) is 3.32. The predicted octanol–water partition coefficient (Wildman–Crippen LogP) is 3.24. The summed E-state index contributed by atoms with van der Waals surface area (Å²) in [6.45, 7) is 1.45. The van der Waals surface area contributed by atoms with Crippen molar-refractivity contribution >= 4 is 23.4 Å². The van der Waals surface area contributed by atoms with Crippen molar-refractivity contribution in [1.82, 2.24) is 15.2 Å². The first-order valence-corrected chi connectivity index (χ1v) is 7.33. The molecule has 0 saturated heterocycles. The smallest absolute Gasteiger partial charge is 0.283 e. The number of amides is 1. The third-order valence-electron chi connectivity index (χ3n) is 2.69. The summed E-state index contributed by atoms with van der Waals surface area (Å²) in [5, 5.41) is 11.7. The van der Waals surface area contributed by atoms with Crippen molar-refractivity contribution in [2.75, 3.05) is 5.32 Å². The highest BCUT2D eigenvalue weighted by Gasteiger charge is 2.13. The second-order valence-electron chi connectivity index (χ2n) is 4.38. The standard InChI is InChI=1S/C15H12N4O2S/c1-10(20)17-12-8-5-9-16-14(12)22-15-19-18-13(21-15)11-6-3-2-4-7-11/h2-9H,1H3,(H,17,20). The van der Waals surface area contributed by atoms with Gasteiger partial charge in [-0.05, 0) is 36.0 Å². The lowest BCUT2D eigenvalue weighted by molar-refractivity contribution is -0.114. The molecule has 2 aromatic heterocycles. The van der Waals surface area contributed by atoms with Gasteiger partial charge >= 0.3 is 0 Å². The molecule has 0 bridgehead atoms. The number of hydrogen-bond donors (Lipinski definition) is 1. The Bertz CT molecular complexity index is 789. The molecule has 1 amide bonds. The number of rotatable bonds is 4. The summed E-state index contributed by atoms with van der Waals surface area (Å²) in [5.41, 5.74) is 1.46. The van der Waals surface area contributed by atoms with Gasteiger partial charge in [-0.15, -0.1) is 10.2 Å². The third-order valence-corrected chi connectivity index (χ3v) is 3.55. The van der Waals surface area contributed by atoms with Crippen LogP contribution in [0.1, 0.15) is 6.92 Å². The number of aromatic nitrogens is 3. The Kier molecular flexibility index (Phi) is 4.15. The van der Waals surface area contributed by atoms with Gasteiger partial charge in [0.2, 0.25) is 11.8 Å². The van der Waals surface area contributed by atoms with Crippen molar-refractivity contribution in [3.8, 4) is 11.5 Å². The van der Waals surface area contributed by atoms with Gasteiger partial charge in [0.25, 0.3) is 5.22 Å². The molecule has 0 fully saturated rings. The average Bonchev–Trinajstić information content (AvgIpc) is 2.98. The van der Waals surface area contributed by atoms with Gasteiger partial charge in [0.1, 0.15) is 5.03 Å². The molecule has 0 unspecified atom stereocenters. The molecule has 0 saturated carbocycles. The van der Waals surface area contributed by atoms with Crippen LogP contribution in [0.25, 0.3) is 11.5 Å². The lowest BCUT2D eigenvalue weighted by Crippen LogP contribution is -2.07. The SMILES string of the molecule is CC(=O)Nc1cccnc1Sc1nnc(-c2ccccc2)o1. The molecule has 0 aliphatic heterocycles. The Morgan fingerprint density at radius 2 is 1.95 bits per heavy atom. The van der Waals surface area contributed by atoms with Gasteiger partial charge in [0.05, 0.1) is 5.69 Å². The monoisotopic (exact) mass is 312 g/mol. The first-order chi connectivity index (χ1) is 10.7. The number of pyridine rings is 1. The lowest BCUT2D eigenvalue weighted by Gasteiger charge is -2.05. The molecule has 110 valence electrons. The number of nitrogens with one attached hydrogen (secondary N) is 1. The number of benzene rings is 1. The maximum absolute atomic E-state index is 11.2. The molecule has 0 atom stereocenters. The Balaban J connectivity index is 1.83. The van der Waals surface area contributed by atoms with E-state index in [1.54, 1.807) is 18.3 Å². The summed E-state index contributed by atoms with van der Waals surface area (Å²) < 4.78 is 5.62. The molecule has 3 rings (SSSR count). The van der Waals surface area contributed by atoms with Gasteiger partial charge in [0, 0.05) is 18.7 Å². The van der Waals surface area contributed by atoms with Gasteiger partial charge in [-0.2, -0.15) is 0 Å². The first kappa shape index (κ1) is 14.3. The van der Waals surface area contributed by atoms with E-state index in [1.165, 1.54) is 18.7 Å². The molecule has 0 spiro atoms. The van der Waals surface area contributed by atoms with Crippen molar-refractivity contribution in [3.05, 3.63) is 48.7 Å². The summed E-state index contributed by atoms with van der Waals surface area (Å²) in [7, 11) is 0. The Morgan fingerprint density at radius 3 is 2.73 bits per heavy atom. The van der Waals surface area contributed by atoms with Gasteiger partial charge in [-0.3, -0.25) is 4.79 Å². The largest absolute Gasteiger partial charge is 0.411 e. The Labute approximate surface area is 131 Å². The minimum atomic E-state index is -0.162. The van der Waals surface area contributed by atoms with Crippen LogP contribution in [0.15, 0.2) is 63.3 Å². The summed E-state index contributed by atoms with van der Waals surface area (Å²) in [6, 6.07) is 13.0. The van der Waals surface area contributed by atoms with E-state index in [-0.39, 0.29) is 5.91 Å². The molecular weight excluding hydrogens is 300 g/mol. The molecule has 22 heavy (non-hydrogen) atoms. The fraction of sp³-hybridized carbons (Fsp3) is 0.0667. The zero-order valence-corrected chi connectivity index (χ0v) is 12.5. The van der Waals surface area contributed by atoms with Crippen molar-refractivity contribution < 1.29 is 9.21 Å². The molecule has 6 nitrogen and oxygen atoms in total. The maximum atomic E-state index is 11.2. The van der Waals surface area contributed by atoms with E-state index < -0.39 is 0 Å². The minimum Gasteiger partial charge on any atom is -0.411 e. The zero-order chi connectivity index (χ0) is 15.4. The van der Waals surface area contributed by atoms with E-state index in [1.807, 2.05) is 30.3 Å². The quantitative estimate of drug-likeness (QED) is 0.796.